The average molecular weight is 322 g/mol. The van der Waals surface area contributed by atoms with Gasteiger partial charge in [0.05, 0.1) is 11.6 Å². The fraction of sp³-hybridized carbons (Fsp3) is 0.200. The molecule has 0 aliphatic heterocycles. The Kier molecular flexibility index (Phi) is 4.32. The minimum atomic E-state index is 0.104. The van der Waals surface area contributed by atoms with Crippen LogP contribution in [-0.4, -0.2) is 12.2 Å². The van der Waals surface area contributed by atoms with Crippen LogP contribution in [0.5, 0.6) is 11.5 Å². The lowest BCUT2D eigenvalue weighted by atomic mass is 10.1. The summed E-state index contributed by atoms with van der Waals surface area (Å²) >= 11 is 3.46. The third kappa shape index (κ3) is 3.41. The number of halogens is 1. The van der Waals surface area contributed by atoms with Gasteiger partial charge >= 0.3 is 0 Å². The monoisotopic (exact) mass is 321 g/mol. The van der Waals surface area contributed by atoms with Crippen molar-refractivity contribution in [1.82, 2.24) is 0 Å². The molecule has 0 bridgehead atoms. The Morgan fingerprint density at radius 2 is 2.00 bits per heavy atom. The van der Waals surface area contributed by atoms with Gasteiger partial charge in [-0.1, -0.05) is 12.1 Å². The standard InChI is InChI=1S/C15H16BrNO2/c1-10(11-4-3-5-13(18)8-11)17-12-6-7-15(19-2)14(16)9-12/h3-10,17-18H,1-2H3. The number of benzene rings is 2. The molecule has 0 amide bonds. The fourth-order valence-electron chi connectivity index (χ4n) is 1.88. The summed E-state index contributed by atoms with van der Waals surface area (Å²) < 4.78 is 6.10. The van der Waals surface area contributed by atoms with Gasteiger partial charge in [0, 0.05) is 11.7 Å². The highest BCUT2D eigenvalue weighted by molar-refractivity contribution is 9.10. The summed E-state index contributed by atoms with van der Waals surface area (Å²) in [4.78, 5) is 0. The highest BCUT2D eigenvalue weighted by Gasteiger charge is 2.07. The van der Waals surface area contributed by atoms with Crippen LogP contribution in [0.2, 0.25) is 0 Å². The highest BCUT2D eigenvalue weighted by Crippen LogP contribution is 2.29. The average Bonchev–Trinajstić information content (AvgIpc) is 2.39. The van der Waals surface area contributed by atoms with Crippen molar-refractivity contribution in [3.8, 4) is 11.5 Å². The first-order valence-corrected chi connectivity index (χ1v) is 6.78. The molecule has 0 fully saturated rings. The van der Waals surface area contributed by atoms with Crippen molar-refractivity contribution in [2.24, 2.45) is 0 Å². The predicted octanol–water partition coefficient (Wildman–Crippen LogP) is 4.34. The molecular weight excluding hydrogens is 306 g/mol. The zero-order valence-electron chi connectivity index (χ0n) is 10.9. The lowest BCUT2D eigenvalue weighted by molar-refractivity contribution is 0.412. The first kappa shape index (κ1) is 13.7. The van der Waals surface area contributed by atoms with Gasteiger partial charge in [0.25, 0.3) is 0 Å². The summed E-state index contributed by atoms with van der Waals surface area (Å²) in [5, 5.41) is 12.9. The second kappa shape index (κ2) is 5.97. The van der Waals surface area contributed by atoms with Crippen molar-refractivity contribution in [2.45, 2.75) is 13.0 Å². The number of ether oxygens (including phenoxy) is 1. The Hall–Kier alpha value is -1.68. The van der Waals surface area contributed by atoms with E-state index in [0.717, 1.165) is 21.5 Å². The van der Waals surface area contributed by atoms with Gasteiger partial charge in [0.1, 0.15) is 11.5 Å². The minimum Gasteiger partial charge on any atom is -0.508 e. The molecule has 0 aliphatic carbocycles. The van der Waals surface area contributed by atoms with Gasteiger partial charge in [-0.05, 0) is 58.7 Å². The predicted molar refractivity (Wildman–Crippen MR) is 80.8 cm³/mol. The molecule has 0 aromatic heterocycles. The molecule has 0 heterocycles. The quantitative estimate of drug-likeness (QED) is 0.880. The zero-order chi connectivity index (χ0) is 13.8. The largest absolute Gasteiger partial charge is 0.508 e. The van der Waals surface area contributed by atoms with Crippen LogP contribution in [0.25, 0.3) is 0 Å². The number of nitrogens with one attached hydrogen (secondary N) is 1. The molecule has 1 atom stereocenters. The summed E-state index contributed by atoms with van der Waals surface area (Å²) in [7, 11) is 1.64. The molecule has 0 spiro atoms. The van der Waals surface area contributed by atoms with Gasteiger partial charge in [-0.25, -0.2) is 0 Å². The number of methoxy groups -OCH3 is 1. The summed E-state index contributed by atoms with van der Waals surface area (Å²) in [6.45, 7) is 2.05. The molecule has 100 valence electrons. The minimum absolute atomic E-state index is 0.104. The second-order valence-corrected chi connectivity index (χ2v) is 5.16. The van der Waals surface area contributed by atoms with Gasteiger partial charge in [0.15, 0.2) is 0 Å². The summed E-state index contributed by atoms with van der Waals surface area (Å²) in [6.07, 6.45) is 0. The Morgan fingerprint density at radius 1 is 1.21 bits per heavy atom. The van der Waals surface area contributed by atoms with Crippen molar-refractivity contribution >= 4 is 21.6 Å². The lowest BCUT2D eigenvalue weighted by Crippen LogP contribution is -2.06. The first-order valence-electron chi connectivity index (χ1n) is 5.99. The Balaban J connectivity index is 2.14. The molecule has 0 saturated carbocycles. The van der Waals surface area contributed by atoms with E-state index in [1.807, 2.05) is 37.3 Å². The smallest absolute Gasteiger partial charge is 0.133 e. The molecule has 2 aromatic rings. The van der Waals surface area contributed by atoms with Crippen molar-refractivity contribution in [2.75, 3.05) is 12.4 Å². The molecule has 0 aliphatic rings. The third-order valence-electron chi connectivity index (χ3n) is 2.91. The van der Waals surface area contributed by atoms with Gasteiger partial charge < -0.3 is 15.2 Å². The third-order valence-corrected chi connectivity index (χ3v) is 3.52. The van der Waals surface area contributed by atoms with Crippen molar-refractivity contribution < 1.29 is 9.84 Å². The van der Waals surface area contributed by atoms with E-state index in [4.69, 9.17) is 4.74 Å². The normalized spacial score (nSPS) is 11.9. The Morgan fingerprint density at radius 3 is 2.63 bits per heavy atom. The molecular formula is C15H16BrNO2. The maximum Gasteiger partial charge on any atom is 0.133 e. The van der Waals surface area contributed by atoms with Gasteiger partial charge in [-0.3, -0.25) is 0 Å². The van der Waals surface area contributed by atoms with E-state index in [1.165, 1.54) is 0 Å². The van der Waals surface area contributed by atoms with E-state index in [0.29, 0.717) is 0 Å². The molecule has 2 rings (SSSR count). The van der Waals surface area contributed by atoms with E-state index >= 15 is 0 Å². The number of hydrogen-bond donors (Lipinski definition) is 2. The summed E-state index contributed by atoms with van der Waals surface area (Å²) in [6, 6.07) is 13.2. The Labute approximate surface area is 121 Å². The van der Waals surface area contributed by atoms with Crippen LogP contribution in [0.1, 0.15) is 18.5 Å². The molecule has 2 aromatic carbocycles. The van der Waals surface area contributed by atoms with Crippen LogP contribution in [0.4, 0.5) is 5.69 Å². The number of phenolic OH excluding ortho intramolecular Hbond substituents is 1. The van der Waals surface area contributed by atoms with Crippen molar-refractivity contribution in [3.05, 3.63) is 52.5 Å². The fourth-order valence-corrected chi connectivity index (χ4v) is 2.42. The van der Waals surface area contributed by atoms with Gasteiger partial charge in [-0.2, -0.15) is 0 Å². The number of phenols is 1. The maximum atomic E-state index is 9.49. The molecule has 2 N–H and O–H groups in total. The van der Waals surface area contributed by atoms with Crippen LogP contribution in [0.15, 0.2) is 46.9 Å². The molecule has 0 radical (unpaired) electrons. The van der Waals surface area contributed by atoms with Gasteiger partial charge in [0.2, 0.25) is 0 Å². The van der Waals surface area contributed by atoms with Crippen LogP contribution < -0.4 is 10.1 Å². The molecule has 3 nitrogen and oxygen atoms in total. The van der Waals surface area contributed by atoms with E-state index in [-0.39, 0.29) is 11.8 Å². The number of anilines is 1. The van der Waals surface area contributed by atoms with Crippen molar-refractivity contribution in [3.63, 3.8) is 0 Å². The maximum absolute atomic E-state index is 9.49. The molecule has 0 saturated heterocycles. The van der Waals surface area contributed by atoms with Crippen LogP contribution in [0.3, 0.4) is 0 Å². The highest BCUT2D eigenvalue weighted by atomic mass is 79.9. The van der Waals surface area contributed by atoms with Crippen LogP contribution in [0, 0.1) is 0 Å². The Bertz CT molecular complexity index is 572. The van der Waals surface area contributed by atoms with E-state index in [9.17, 15) is 5.11 Å². The SMILES string of the molecule is COc1ccc(NC(C)c2cccc(O)c2)cc1Br. The van der Waals surface area contributed by atoms with E-state index < -0.39 is 0 Å². The van der Waals surface area contributed by atoms with E-state index in [2.05, 4.69) is 21.2 Å². The zero-order valence-corrected chi connectivity index (χ0v) is 12.4. The molecule has 19 heavy (non-hydrogen) atoms. The first-order chi connectivity index (χ1) is 9.10. The number of aromatic hydroxyl groups is 1. The number of hydrogen-bond acceptors (Lipinski definition) is 3. The molecule has 1 unspecified atom stereocenters. The topological polar surface area (TPSA) is 41.5 Å². The lowest BCUT2D eigenvalue weighted by Gasteiger charge is -2.16. The van der Waals surface area contributed by atoms with Crippen LogP contribution in [-0.2, 0) is 0 Å². The van der Waals surface area contributed by atoms with Crippen molar-refractivity contribution in [1.29, 1.82) is 0 Å². The summed E-state index contributed by atoms with van der Waals surface area (Å²) in [5.74, 6) is 1.08. The van der Waals surface area contributed by atoms with Crippen LogP contribution >= 0.6 is 15.9 Å². The van der Waals surface area contributed by atoms with E-state index in [1.54, 1.807) is 19.2 Å². The second-order valence-electron chi connectivity index (χ2n) is 4.31. The molecule has 4 heteroatoms. The number of rotatable bonds is 4. The van der Waals surface area contributed by atoms with Gasteiger partial charge in [-0.15, -0.1) is 0 Å². The summed E-state index contributed by atoms with van der Waals surface area (Å²) in [5.41, 5.74) is 2.02.